The van der Waals surface area contributed by atoms with Crippen LogP contribution in [0.25, 0.3) is 0 Å². The van der Waals surface area contributed by atoms with Crippen LogP contribution in [0.4, 0.5) is 0 Å². The maximum Gasteiger partial charge on any atom is 0.0948 e. The Labute approximate surface area is 61.1 Å². The number of hydrogen-bond acceptors (Lipinski definition) is 2. The summed E-state index contributed by atoms with van der Waals surface area (Å²) in [6.07, 6.45) is 3.72. The van der Waals surface area contributed by atoms with Gasteiger partial charge in [-0.15, -0.1) is 0 Å². The Hall–Kier alpha value is -0.830. The second kappa shape index (κ2) is 3.37. The normalized spacial score (nSPS) is 10.2. The maximum absolute atomic E-state index is 4.01. The van der Waals surface area contributed by atoms with Gasteiger partial charge in [0, 0.05) is 25.0 Å². The summed E-state index contributed by atoms with van der Waals surface area (Å²) in [7, 11) is 1.95. The molecule has 0 aliphatic heterocycles. The van der Waals surface area contributed by atoms with E-state index in [1.54, 1.807) is 0 Å². The number of hydrogen-bond donors (Lipinski definition) is 1. The zero-order chi connectivity index (χ0) is 7.40. The van der Waals surface area contributed by atoms with Gasteiger partial charge in [0.15, 0.2) is 0 Å². The van der Waals surface area contributed by atoms with Gasteiger partial charge in [-0.05, 0) is 14.0 Å². The zero-order valence-corrected chi connectivity index (χ0v) is 6.46. The molecular weight excluding hydrogens is 126 g/mol. The summed E-state index contributed by atoms with van der Waals surface area (Å²) >= 11 is 0. The number of nitrogens with zero attached hydrogens (tertiary/aromatic N) is 2. The third kappa shape index (κ3) is 1.57. The molecule has 1 aromatic rings. The van der Waals surface area contributed by atoms with Crippen molar-refractivity contribution in [3.63, 3.8) is 0 Å². The summed E-state index contributed by atoms with van der Waals surface area (Å²) in [6, 6.07) is 0. The topological polar surface area (TPSA) is 29.9 Å². The lowest BCUT2D eigenvalue weighted by Crippen LogP contribution is -2.14. The summed E-state index contributed by atoms with van der Waals surface area (Å²) in [5.41, 5.74) is 1.22. The van der Waals surface area contributed by atoms with Gasteiger partial charge in [0.05, 0.1) is 6.33 Å². The maximum atomic E-state index is 4.01. The molecule has 0 bridgehead atoms. The van der Waals surface area contributed by atoms with E-state index in [1.165, 1.54) is 5.69 Å². The Balaban J connectivity index is 2.49. The van der Waals surface area contributed by atoms with Crippen molar-refractivity contribution in [1.29, 1.82) is 0 Å². The van der Waals surface area contributed by atoms with Crippen LogP contribution >= 0.6 is 0 Å². The number of likely N-dealkylation sites (N-methyl/N-ethyl adjacent to an activating group) is 1. The van der Waals surface area contributed by atoms with E-state index >= 15 is 0 Å². The van der Waals surface area contributed by atoms with Gasteiger partial charge in [-0.3, -0.25) is 0 Å². The fourth-order valence-electron chi connectivity index (χ4n) is 0.853. The van der Waals surface area contributed by atoms with E-state index < -0.39 is 0 Å². The number of nitrogens with one attached hydrogen (secondary N) is 1. The van der Waals surface area contributed by atoms with Crippen molar-refractivity contribution >= 4 is 0 Å². The average molecular weight is 139 g/mol. The SMILES string of the molecule is CNCCn1cncc1C. The minimum absolute atomic E-state index is 0.997. The molecule has 3 heteroatoms. The van der Waals surface area contributed by atoms with Crippen molar-refractivity contribution in [2.24, 2.45) is 0 Å². The van der Waals surface area contributed by atoms with E-state index in [4.69, 9.17) is 0 Å². The Morgan fingerprint density at radius 1 is 1.70 bits per heavy atom. The fourth-order valence-corrected chi connectivity index (χ4v) is 0.853. The number of aryl methyl sites for hydroxylation is 1. The van der Waals surface area contributed by atoms with Crippen molar-refractivity contribution in [2.45, 2.75) is 13.5 Å². The van der Waals surface area contributed by atoms with Crippen LogP contribution in [0, 0.1) is 6.92 Å². The molecule has 0 spiro atoms. The standard InChI is InChI=1S/C7H13N3/c1-7-5-9-6-10(7)4-3-8-2/h5-6,8H,3-4H2,1-2H3. The molecule has 1 aromatic heterocycles. The van der Waals surface area contributed by atoms with E-state index in [-0.39, 0.29) is 0 Å². The molecule has 1 N–H and O–H groups in total. The van der Waals surface area contributed by atoms with E-state index in [1.807, 2.05) is 19.6 Å². The molecule has 0 radical (unpaired) electrons. The number of aromatic nitrogens is 2. The smallest absolute Gasteiger partial charge is 0.0948 e. The van der Waals surface area contributed by atoms with Crippen molar-refractivity contribution in [2.75, 3.05) is 13.6 Å². The molecule has 0 amide bonds. The molecule has 0 saturated carbocycles. The Morgan fingerprint density at radius 2 is 2.50 bits per heavy atom. The molecule has 3 nitrogen and oxygen atoms in total. The van der Waals surface area contributed by atoms with E-state index in [0.29, 0.717) is 0 Å². The summed E-state index contributed by atoms with van der Waals surface area (Å²) < 4.78 is 2.12. The van der Waals surface area contributed by atoms with Crippen LogP contribution in [0.2, 0.25) is 0 Å². The summed E-state index contributed by atoms with van der Waals surface area (Å²) in [4.78, 5) is 4.01. The predicted octanol–water partition coefficient (Wildman–Crippen LogP) is 0.411. The molecule has 0 unspecified atom stereocenters. The first-order chi connectivity index (χ1) is 4.84. The van der Waals surface area contributed by atoms with Crippen LogP contribution in [-0.4, -0.2) is 23.1 Å². The van der Waals surface area contributed by atoms with Gasteiger partial charge >= 0.3 is 0 Å². The van der Waals surface area contributed by atoms with Crippen LogP contribution < -0.4 is 5.32 Å². The minimum Gasteiger partial charge on any atom is -0.334 e. The summed E-state index contributed by atoms with van der Waals surface area (Å²) in [6.45, 7) is 4.06. The largest absolute Gasteiger partial charge is 0.334 e. The fraction of sp³-hybridized carbons (Fsp3) is 0.571. The Kier molecular flexibility index (Phi) is 2.45. The van der Waals surface area contributed by atoms with Gasteiger partial charge in [-0.2, -0.15) is 0 Å². The lowest BCUT2D eigenvalue weighted by Gasteiger charge is -2.02. The summed E-state index contributed by atoms with van der Waals surface area (Å²) in [5, 5.41) is 3.08. The quantitative estimate of drug-likeness (QED) is 0.657. The van der Waals surface area contributed by atoms with Crippen LogP contribution in [0.5, 0.6) is 0 Å². The summed E-state index contributed by atoms with van der Waals surface area (Å²) in [5.74, 6) is 0. The van der Waals surface area contributed by atoms with Crippen molar-refractivity contribution in [1.82, 2.24) is 14.9 Å². The van der Waals surface area contributed by atoms with Gasteiger partial charge in [-0.1, -0.05) is 0 Å². The second-order valence-electron chi connectivity index (χ2n) is 2.33. The molecule has 1 rings (SSSR count). The number of imidazole rings is 1. The number of rotatable bonds is 3. The molecule has 0 saturated heterocycles. The van der Waals surface area contributed by atoms with Crippen LogP contribution in [0.15, 0.2) is 12.5 Å². The second-order valence-corrected chi connectivity index (χ2v) is 2.33. The van der Waals surface area contributed by atoms with Crippen LogP contribution in [0.3, 0.4) is 0 Å². The lowest BCUT2D eigenvalue weighted by atomic mass is 10.5. The molecule has 0 aliphatic carbocycles. The van der Waals surface area contributed by atoms with Gasteiger partial charge < -0.3 is 9.88 Å². The van der Waals surface area contributed by atoms with Crippen LogP contribution in [0.1, 0.15) is 5.69 Å². The van der Waals surface area contributed by atoms with E-state index in [0.717, 1.165) is 13.1 Å². The third-order valence-electron chi connectivity index (χ3n) is 1.52. The Bertz CT molecular complexity index is 192. The van der Waals surface area contributed by atoms with Crippen molar-refractivity contribution in [3.8, 4) is 0 Å². The zero-order valence-electron chi connectivity index (χ0n) is 6.46. The molecular formula is C7H13N3. The average Bonchev–Trinajstić information content (AvgIpc) is 2.31. The highest BCUT2D eigenvalue weighted by atomic mass is 15.1. The highest BCUT2D eigenvalue weighted by Crippen LogP contribution is 1.93. The molecule has 0 aromatic carbocycles. The molecule has 10 heavy (non-hydrogen) atoms. The van der Waals surface area contributed by atoms with Gasteiger partial charge in [0.2, 0.25) is 0 Å². The first-order valence-electron chi connectivity index (χ1n) is 3.46. The van der Waals surface area contributed by atoms with Crippen molar-refractivity contribution in [3.05, 3.63) is 18.2 Å². The van der Waals surface area contributed by atoms with Gasteiger partial charge in [0.1, 0.15) is 0 Å². The molecule has 0 aliphatic rings. The molecule has 0 fully saturated rings. The monoisotopic (exact) mass is 139 g/mol. The molecule has 0 atom stereocenters. The van der Waals surface area contributed by atoms with Crippen molar-refractivity contribution < 1.29 is 0 Å². The predicted molar refractivity (Wildman–Crippen MR) is 40.9 cm³/mol. The van der Waals surface area contributed by atoms with E-state index in [2.05, 4.69) is 21.8 Å². The lowest BCUT2D eigenvalue weighted by molar-refractivity contribution is 0.632. The molecule has 56 valence electrons. The highest BCUT2D eigenvalue weighted by molar-refractivity contribution is 4.93. The van der Waals surface area contributed by atoms with Gasteiger partial charge in [-0.25, -0.2) is 4.98 Å². The van der Waals surface area contributed by atoms with Gasteiger partial charge in [0.25, 0.3) is 0 Å². The highest BCUT2D eigenvalue weighted by Gasteiger charge is 1.92. The first kappa shape index (κ1) is 7.28. The molecule has 1 heterocycles. The van der Waals surface area contributed by atoms with Crippen LogP contribution in [-0.2, 0) is 6.54 Å². The Morgan fingerprint density at radius 3 is 3.00 bits per heavy atom. The minimum atomic E-state index is 0.997. The third-order valence-corrected chi connectivity index (χ3v) is 1.52. The first-order valence-corrected chi connectivity index (χ1v) is 3.46. The van der Waals surface area contributed by atoms with E-state index in [9.17, 15) is 0 Å².